The Bertz CT molecular complexity index is 1170. The van der Waals surface area contributed by atoms with Gasteiger partial charge in [0, 0.05) is 0 Å². The van der Waals surface area contributed by atoms with Gasteiger partial charge in [0.2, 0.25) is 11.8 Å². The monoisotopic (exact) mass is 432 g/mol. The SMILES string of the molecule is CC1(C)C(=O)Nc2ccccc2N1C(=O)CN1C(=O)N[C@]2(CCCc3ccccc32)C1=O. The van der Waals surface area contributed by atoms with Gasteiger partial charge >= 0.3 is 6.03 Å². The molecule has 0 aromatic heterocycles. The molecule has 2 heterocycles. The summed E-state index contributed by atoms with van der Waals surface area (Å²) in [7, 11) is 0. The average molecular weight is 432 g/mol. The number of anilines is 2. The zero-order valence-electron chi connectivity index (χ0n) is 18.0. The Hall–Kier alpha value is -3.68. The van der Waals surface area contributed by atoms with Crippen molar-refractivity contribution < 1.29 is 19.2 Å². The molecule has 2 aliphatic heterocycles. The van der Waals surface area contributed by atoms with E-state index in [4.69, 9.17) is 0 Å². The fourth-order valence-electron chi connectivity index (χ4n) is 5.06. The molecule has 0 radical (unpaired) electrons. The van der Waals surface area contributed by atoms with E-state index in [1.165, 1.54) is 4.90 Å². The Kier molecular flexibility index (Phi) is 4.37. The van der Waals surface area contributed by atoms with Crippen molar-refractivity contribution in [3.63, 3.8) is 0 Å². The van der Waals surface area contributed by atoms with Crippen LogP contribution in [0.1, 0.15) is 37.8 Å². The highest BCUT2D eigenvalue weighted by molar-refractivity contribution is 6.16. The topological polar surface area (TPSA) is 98.8 Å². The van der Waals surface area contributed by atoms with Crippen LogP contribution in [-0.2, 0) is 26.3 Å². The van der Waals surface area contributed by atoms with Crippen LogP contribution < -0.4 is 15.5 Å². The minimum atomic E-state index is -1.18. The van der Waals surface area contributed by atoms with Crippen molar-refractivity contribution in [3.8, 4) is 0 Å². The minimum Gasteiger partial charge on any atom is -0.322 e. The van der Waals surface area contributed by atoms with Gasteiger partial charge < -0.3 is 10.6 Å². The van der Waals surface area contributed by atoms with Crippen molar-refractivity contribution in [1.82, 2.24) is 10.2 Å². The van der Waals surface area contributed by atoms with Crippen molar-refractivity contribution in [2.75, 3.05) is 16.8 Å². The Morgan fingerprint density at radius 1 is 1.03 bits per heavy atom. The van der Waals surface area contributed by atoms with Crippen molar-refractivity contribution >= 4 is 35.1 Å². The van der Waals surface area contributed by atoms with E-state index in [1.54, 1.807) is 38.1 Å². The van der Waals surface area contributed by atoms with Crippen LogP contribution in [0.3, 0.4) is 0 Å². The zero-order chi connectivity index (χ0) is 22.7. The maximum absolute atomic E-state index is 13.5. The summed E-state index contributed by atoms with van der Waals surface area (Å²) in [5.41, 5.74) is 0.552. The Morgan fingerprint density at radius 2 is 1.75 bits per heavy atom. The lowest BCUT2D eigenvalue weighted by Gasteiger charge is -2.42. The van der Waals surface area contributed by atoms with Crippen molar-refractivity contribution in [3.05, 3.63) is 59.7 Å². The lowest BCUT2D eigenvalue weighted by Crippen LogP contribution is -2.60. The first-order valence-electron chi connectivity index (χ1n) is 10.7. The molecule has 0 saturated carbocycles. The molecular formula is C24H24N4O4. The number of nitrogens with zero attached hydrogens (tertiary/aromatic N) is 2. The fraction of sp³-hybridized carbons (Fsp3) is 0.333. The molecular weight excluding hydrogens is 408 g/mol. The molecule has 1 spiro atoms. The Morgan fingerprint density at radius 3 is 2.56 bits per heavy atom. The van der Waals surface area contributed by atoms with Crippen LogP contribution in [-0.4, -0.2) is 40.7 Å². The molecule has 2 aromatic rings. The van der Waals surface area contributed by atoms with E-state index in [9.17, 15) is 19.2 Å². The smallest absolute Gasteiger partial charge is 0.322 e. The van der Waals surface area contributed by atoms with Crippen LogP contribution in [0.4, 0.5) is 16.2 Å². The van der Waals surface area contributed by atoms with Crippen LogP contribution in [0, 0.1) is 0 Å². The number of carbonyl (C=O) groups is 4. The van der Waals surface area contributed by atoms with Crippen molar-refractivity contribution in [2.45, 2.75) is 44.2 Å². The highest BCUT2D eigenvalue weighted by Crippen LogP contribution is 2.41. The summed E-state index contributed by atoms with van der Waals surface area (Å²) >= 11 is 0. The molecule has 0 unspecified atom stereocenters. The number of carbonyl (C=O) groups excluding carboxylic acids is 4. The molecule has 5 amide bonds. The summed E-state index contributed by atoms with van der Waals surface area (Å²) in [6.07, 6.45) is 2.09. The molecule has 5 rings (SSSR count). The normalized spacial score (nSPS) is 23.5. The maximum Gasteiger partial charge on any atom is 0.325 e. The van der Waals surface area contributed by atoms with Gasteiger partial charge in [-0.25, -0.2) is 4.79 Å². The van der Waals surface area contributed by atoms with Gasteiger partial charge in [0.15, 0.2) is 0 Å². The lowest BCUT2D eigenvalue weighted by molar-refractivity contribution is -0.135. The summed E-state index contributed by atoms with van der Waals surface area (Å²) in [5, 5.41) is 5.68. The molecule has 2 aromatic carbocycles. The molecule has 32 heavy (non-hydrogen) atoms. The number of hydrogen-bond acceptors (Lipinski definition) is 4. The molecule has 3 aliphatic rings. The number of benzene rings is 2. The van der Waals surface area contributed by atoms with Gasteiger partial charge in [0.1, 0.15) is 17.6 Å². The highest BCUT2D eigenvalue weighted by atomic mass is 16.2. The number of rotatable bonds is 2. The molecule has 2 N–H and O–H groups in total. The number of imide groups is 1. The summed E-state index contributed by atoms with van der Waals surface area (Å²) in [6, 6.07) is 14.0. The number of aryl methyl sites for hydroxylation is 1. The van der Waals surface area contributed by atoms with Gasteiger partial charge in [-0.1, -0.05) is 36.4 Å². The lowest BCUT2D eigenvalue weighted by atomic mass is 9.76. The summed E-state index contributed by atoms with van der Waals surface area (Å²) in [5.74, 6) is -1.25. The molecule has 164 valence electrons. The number of urea groups is 1. The average Bonchev–Trinajstić information content (AvgIpc) is 2.99. The van der Waals surface area contributed by atoms with Crippen LogP contribution in [0.5, 0.6) is 0 Å². The van der Waals surface area contributed by atoms with E-state index in [-0.39, 0.29) is 5.91 Å². The van der Waals surface area contributed by atoms with Gasteiger partial charge in [-0.05, 0) is 56.4 Å². The first-order chi connectivity index (χ1) is 15.3. The molecule has 8 nitrogen and oxygen atoms in total. The van der Waals surface area contributed by atoms with Gasteiger partial charge in [0.25, 0.3) is 5.91 Å². The Labute approximate surface area is 185 Å². The quantitative estimate of drug-likeness (QED) is 0.713. The molecule has 0 bridgehead atoms. The fourth-order valence-corrected chi connectivity index (χ4v) is 5.06. The molecule has 1 atom stereocenters. The third kappa shape index (κ3) is 2.75. The maximum atomic E-state index is 13.5. The molecule has 1 saturated heterocycles. The molecule has 1 fully saturated rings. The van der Waals surface area contributed by atoms with Crippen molar-refractivity contribution in [1.29, 1.82) is 0 Å². The van der Waals surface area contributed by atoms with Crippen LogP contribution in [0.2, 0.25) is 0 Å². The van der Waals surface area contributed by atoms with Gasteiger partial charge in [-0.3, -0.25) is 24.2 Å². The predicted octanol–water partition coefficient (Wildman–Crippen LogP) is 2.53. The summed E-state index contributed by atoms with van der Waals surface area (Å²) in [6.45, 7) is 2.83. The second-order valence-electron chi connectivity index (χ2n) is 9.00. The third-order valence-corrected chi connectivity index (χ3v) is 6.70. The standard InChI is InChI=1S/C24H24N4O4/c1-23(2)20(30)25-17-11-5-6-12-18(17)28(23)19(29)14-27-21(31)24(26-22(27)32)13-7-9-15-8-3-4-10-16(15)24/h3-6,8,10-12H,7,9,13-14H2,1-2H3,(H,25,30)(H,26,32)/t24-/m0/s1. The summed E-state index contributed by atoms with van der Waals surface area (Å²) < 4.78 is 0. The van der Waals surface area contributed by atoms with Gasteiger partial charge in [-0.15, -0.1) is 0 Å². The van der Waals surface area contributed by atoms with E-state index in [0.29, 0.717) is 17.8 Å². The number of hydrogen-bond donors (Lipinski definition) is 2. The van der Waals surface area contributed by atoms with E-state index in [0.717, 1.165) is 28.9 Å². The Balaban J connectivity index is 1.48. The van der Waals surface area contributed by atoms with E-state index in [2.05, 4.69) is 10.6 Å². The first-order valence-corrected chi connectivity index (χ1v) is 10.7. The van der Waals surface area contributed by atoms with Crippen LogP contribution in [0.25, 0.3) is 0 Å². The van der Waals surface area contributed by atoms with E-state index >= 15 is 0 Å². The first kappa shape index (κ1) is 20.2. The van der Waals surface area contributed by atoms with Crippen LogP contribution in [0.15, 0.2) is 48.5 Å². The minimum absolute atomic E-state index is 0.334. The number of fused-ring (bicyclic) bond motifs is 3. The number of amides is 5. The largest absolute Gasteiger partial charge is 0.325 e. The van der Waals surface area contributed by atoms with Gasteiger partial charge in [-0.2, -0.15) is 0 Å². The second-order valence-corrected chi connectivity index (χ2v) is 9.00. The number of nitrogens with one attached hydrogen (secondary N) is 2. The highest BCUT2D eigenvalue weighted by Gasteiger charge is 2.55. The van der Waals surface area contributed by atoms with E-state index < -0.39 is 35.5 Å². The second kappa shape index (κ2) is 6.91. The van der Waals surface area contributed by atoms with Crippen LogP contribution >= 0.6 is 0 Å². The van der Waals surface area contributed by atoms with E-state index in [1.807, 2.05) is 24.3 Å². The molecule has 1 aliphatic carbocycles. The predicted molar refractivity (Wildman–Crippen MR) is 118 cm³/mol. The molecule has 8 heteroatoms. The van der Waals surface area contributed by atoms with Gasteiger partial charge in [0.05, 0.1) is 11.4 Å². The summed E-state index contributed by atoms with van der Waals surface area (Å²) in [4.78, 5) is 54.9. The zero-order valence-corrected chi connectivity index (χ0v) is 18.0. The third-order valence-electron chi connectivity index (χ3n) is 6.70. The van der Waals surface area contributed by atoms with Crippen molar-refractivity contribution in [2.24, 2.45) is 0 Å². The number of para-hydroxylation sites is 2.